The van der Waals surface area contributed by atoms with Crippen LogP contribution in [-0.2, 0) is 11.3 Å². The molecule has 0 radical (unpaired) electrons. The number of piperazine rings is 1. The Bertz CT molecular complexity index is 1410. The van der Waals surface area contributed by atoms with Gasteiger partial charge in [0.15, 0.2) is 5.65 Å². The summed E-state index contributed by atoms with van der Waals surface area (Å²) >= 11 is 1.41. The third-order valence-corrected chi connectivity index (χ3v) is 6.82. The molecule has 1 fully saturated rings. The van der Waals surface area contributed by atoms with Gasteiger partial charge >= 0.3 is 0 Å². The number of hydrogen-bond acceptors (Lipinski definition) is 6. The van der Waals surface area contributed by atoms with Crippen LogP contribution in [0.1, 0.15) is 20.8 Å². The van der Waals surface area contributed by atoms with Crippen LogP contribution in [-0.4, -0.2) is 67.1 Å². The number of hydrogen-bond donors (Lipinski definition) is 0. The van der Waals surface area contributed by atoms with Crippen molar-refractivity contribution in [2.45, 2.75) is 20.4 Å². The van der Waals surface area contributed by atoms with Crippen molar-refractivity contribution in [3.63, 3.8) is 0 Å². The number of carbonyl (C=O) groups excluding carboxylic acids is 2. The quantitative estimate of drug-likeness (QED) is 0.450. The standard InChI is InChI=1S/C24H24N6O3S/c1-16-10-17(2)12-18(11-16)30-22-19(13-26-30)23(32)29(15-25-22)14-21(31)27-5-7-28(8-6-27)24(33)20-4-3-9-34-20/h3-4,9-13,15H,5-8,14H2,1-2H3. The largest absolute Gasteiger partial charge is 0.338 e. The Labute approximate surface area is 199 Å². The molecule has 34 heavy (non-hydrogen) atoms. The summed E-state index contributed by atoms with van der Waals surface area (Å²) in [6, 6.07) is 9.70. The van der Waals surface area contributed by atoms with Crippen LogP contribution < -0.4 is 5.56 Å². The Morgan fingerprint density at radius 2 is 1.74 bits per heavy atom. The van der Waals surface area contributed by atoms with Gasteiger partial charge in [-0.3, -0.25) is 19.0 Å². The normalized spacial score (nSPS) is 14.1. The van der Waals surface area contributed by atoms with Gasteiger partial charge in [0.1, 0.15) is 18.3 Å². The Morgan fingerprint density at radius 1 is 1.03 bits per heavy atom. The van der Waals surface area contributed by atoms with E-state index < -0.39 is 0 Å². The van der Waals surface area contributed by atoms with Gasteiger partial charge in [0, 0.05) is 26.2 Å². The molecular formula is C24H24N6O3S. The lowest BCUT2D eigenvalue weighted by atomic mass is 10.1. The summed E-state index contributed by atoms with van der Waals surface area (Å²) < 4.78 is 2.97. The summed E-state index contributed by atoms with van der Waals surface area (Å²) in [7, 11) is 0. The number of nitrogens with zero attached hydrogens (tertiary/aromatic N) is 6. The van der Waals surface area contributed by atoms with E-state index >= 15 is 0 Å². The third kappa shape index (κ3) is 4.12. The second kappa shape index (κ2) is 8.86. The number of thiophene rings is 1. The van der Waals surface area contributed by atoms with E-state index in [0.717, 1.165) is 16.8 Å². The summed E-state index contributed by atoms with van der Waals surface area (Å²) in [5.41, 5.74) is 3.17. The number of fused-ring (bicyclic) bond motifs is 1. The van der Waals surface area contributed by atoms with Gasteiger partial charge in [-0.1, -0.05) is 12.1 Å². The fraction of sp³-hybridized carbons (Fsp3) is 0.292. The van der Waals surface area contributed by atoms with Gasteiger partial charge in [-0.25, -0.2) is 9.67 Å². The van der Waals surface area contributed by atoms with Gasteiger partial charge < -0.3 is 9.80 Å². The minimum absolute atomic E-state index is 0.00575. The molecule has 1 aliphatic heterocycles. The first-order chi connectivity index (χ1) is 16.4. The van der Waals surface area contributed by atoms with E-state index in [0.29, 0.717) is 42.1 Å². The molecule has 0 saturated carbocycles. The van der Waals surface area contributed by atoms with E-state index in [-0.39, 0.29) is 23.9 Å². The summed E-state index contributed by atoms with van der Waals surface area (Å²) in [4.78, 5) is 47.0. The minimum atomic E-state index is -0.305. The predicted octanol–water partition coefficient (Wildman–Crippen LogP) is 2.25. The molecule has 0 atom stereocenters. The molecule has 4 aromatic rings. The van der Waals surface area contributed by atoms with E-state index in [9.17, 15) is 14.4 Å². The number of benzene rings is 1. The second-order valence-electron chi connectivity index (χ2n) is 8.47. The molecule has 0 N–H and O–H groups in total. The topological polar surface area (TPSA) is 93.3 Å². The van der Waals surface area contributed by atoms with Crippen LogP contribution in [0.5, 0.6) is 0 Å². The Balaban J connectivity index is 1.30. The zero-order valence-corrected chi connectivity index (χ0v) is 19.8. The average molecular weight is 477 g/mol. The first kappa shape index (κ1) is 22.0. The number of amides is 2. The summed E-state index contributed by atoms with van der Waals surface area (Å²) in [6.07, 6.45) is 2.90. The summed E-state index contributed by atoms with van der Waals surface area (Å²) in [5, 5.41) is 6.61. The highest BCUT2D eigenvalue weighted by atomic mass is 32.1. The molecule has 4 heterocycles. The molecule has 0 bridgehead atoms. The zero-order chi connectivity index (χ0) is 23.8. The van der Waals surface area contributed by atoms with Crippen LogP contribution in [0.15, 0.2) is 53.0 Å². The lowest BCUT2D eigenvalue weighted by Crippen LogP contribution is -2.51. The van der Waals surface area contributed by atoms with Crippen molar-refractivity contribution in [3.05, 3.63) is 74.6 Å². The van der Waals surface area contributed by atoms with Crippen LogP contribution in [0.4, 0.5) is 0 Å². The highest BCUT2D eigenvalue weighted by Gasteiger charge is 2.25. The first-order valence-electron chi connectivity index (χ1n) is 11.0. The van der Waals surface area contributed by atoms with Crippen molar-refractivity contribution < 1.29 is 9.59 Å². The molecular weight excluding hydrogens is 452 g/mol. The van der Waals surface area contributed by atoms with E-state index in [1.54, 1.807) is 14.5 Å². The summed E-state index contributed by atoms with van der Waals surface area (Å²) in [6.45, 7) is 5.72. The van der Waals surface area contributed by atoms with Gasteiger partial charge in [0.25, 0.3) is 11.5 Å². The average Bonchev–Trinajstić information content (AvgIpc) is 3.50. The second-order valence-corrected chi connectivity index (χ2v) is 9.42. The van der Waals surface area contributed by atoms with Crippen LogP contribution in [0.25, 0.3) is 16.7 Å². The highest BCUT2D eigenvalue weighted by Crippen LogP contribution is 2.17. The molecule has 3 aromatic heterocycles. The number of carbonyl (C=O) groups is 2. The van der Waals surface area contributed by atoms with Crippen LogP contribution in [0.3, 0.4) is 0 Å². The van der Waals surface area contributed by atoms with Gasteiger partial charge in [-0.2, -0.15) is 5.10 Å². The van der Waals surface area contributed by atoms with Crippen molar-refractivity contribution in [1.82, 2.24) is 29.1 Å². The van der Waals surface area contributed by atoms with E-state index in [1.807, 2.05) is 43.5 Å². The van der Waals surface area contributed by atoms with Crippen LogP contribution >= 0.6 is 11.3 Å². The Hall–Kier alpha value is -3.79. The lowest BCUT2D eigenvalue weighted by Gasteiger charge is -2.34. The van der Waals surface area contributed by atoms with Crippen molar-refractivity contribution in [1.29, 1.82) is 0 Å². The maximum absolute atomic E-state index is 13.0. The molecule has 0 spiro atoms. The Morgan fingerprint density at radius 3 is 2.41 bits per heavy atom. The summed E-state index contributed by atoms with van der Waals surface area (Å²) in [5.74, 6) is -0.179. The molecule has 1 aliphatic rings. The number of aryl methyl sites for hydroxylation is 2. The van der Waals surface area contributed by atoms with Gasteiger partial charge in [0.05, 0.1) is 16.8 Å². The minimum Gasteiger partial charge on any atom is -0.338 e. The molecule has 5 rings (SSSR count). The third-order valence-electron chi connectivity index (χ3n) is 5.96. The maximum atomic E-state index is 13.0. The SMILES string of the molecule is Cc1cc(C)cc(-n2ncc3c(=O)n(CC(=O)N4CCN(C(=O)c5cccs5)CC4)cnc32)c1. The monoisotopic (exact) mass is 476 g/mol. The molecule has 2 amide bonds. The maximum Gasteiger partial charge on any atom is 0.264 e. The van der Waals surface area contributed by atoms with Crippen LogP contribution in [0.2, 0.25) is 0 Å². The predicted molar refractivity (Wildman–Crippen MR) is 129 cm³/mol. The van der Waals surface area contributed by atoms with Crippen molar-refractivity contribution in [3.8, 4) is 5.69 Å². The van der Waals surface area contributed by atoms with E-state index in [4.69, 9.17) is 0 Å². The van der Waals surface area contributed by atoms with Gasteiger partial charge in [-0.05, 0) is 48.6 Å². The molecule has 1 aromatic carbocycles. The zero-order valence-electron chi connectivity index (χ0n) is 19.0. The lowest BCUT2D eigenvalue weighted by molar-refractivity contribution is -0.133. The molecule has 10 heteroatoms. The fourth-order valence-electron chi connectivity index (χ4n) is 4.28. The van der Waals surface area contributed by atoms with E-state index in [1.165, 1.54) is 28.4 Å². The van der Waals surface area contributed by atoms with Gasteiger partial charge in [-0.15, -0.1) is 11.3 Å². The number of aromatic nitrogens is 4. The fourth-order valence-corrected chi connectivity index (χ4v) is 4.97. The van der Waals surface area contributed by atoms with Crippen molar-refractivity contribution in [2.75, 3.05) is 26.2 Å². The molecule has 0 unspecified atom stereocenters. The molecule has 0 aliphatic carbocycles. The van der Waals surface area contributed by atoms with Crippen molar-refractivity contribution >= 4 is 34.2 Å². The molecule has 174 valence electrons. The van der Waals surface area contributed by atoms with Crippen LogP contribution in [0, 0.1) is 13.8 Å². The Kier molecular flexibility index (Phi) is 5.74. The molecule has 9 nitrogen and oxygen atoms in total. The highest BCUT2D eigenvalue weighted by molar-refractivity contribution is 7.12. The smallest absolute Gasteiger partial charge is 0.264 e. The van der Waals surface area contributed by atoms with Gasteiger partial charge in [0.2, 0.25) is 5.91 Å². The number of rotatable bonds is 4. The van der Waals surface area contributed by atoms with Crippen molar-refractivity contribution in [2.24, 2.45) is 0 Å². The first-order valence-corrected chi connectivity index (χ1v) is 11.9. The molecule has 1 saturated heterocycles. The van der Waals surface area contributed by atoms with E-state index in [2.05, 4.69) is 16.1 Å².